The van der Waals surface area contributed by atoms with E-state index in [0.717, 1.165) is 0 Å². The van der Waals surface area contributed by atoms with E-state index in [-0.39, 0.29) is 11.2 Å². The fourth-order valence-corrected chi connectivity index (χ4v) is 1.18. The molecule has 0 aliphatic carbocycles. The van der Waals surface area contributed by atoms with Gasteiger partial charge in [-0.05, 0) is 0 Å². The molecule has 0 aliphatic rings. The van der Waals surface area contributed by atoms with Crippen molar-refractivity contribution in [1.29, 1.82) is 5.26 Å². The molecule has 2 heterocycles. The molecule has 0 aliphatic heterocycles. The highest BCUT2D eigenvalue weighted by Gasteiger charge is 2.21. The number of aromatic nitrogens is 5. The molecule has 0 unspecified atom stereocenters. The van der Waals surface area contributed by atoms with Crippen molar-refractivity contribution in [2.75, 3.05) is 0 Å². The lowest BCUT2D eigenvalue weighted by atomic mass is 9.97. The van der Waals surface area contributed by atoms with E-state index < -0.39 is 0 Å². The minimum absolute atomic E-state index is 0.126. The first-order chi connectivity index (χ1) is 7.99. The molecule has 0 aromatic carbocycles. The van der Waals surface area contributed by atoms with Crippen LogP contribution < -0.4 is 0 Å². The summed E-state index contributed by atoms with van der Waals surface area (Å²) < 4.78 is 6.99. The van der Waals surface area contributed by atoms with Gasteiger partial charge in [0.15, 0.2) is 0 Å². The lowest BCUT2D eigenvalue weighted by Gasteiger charge is -2.10. The smallest absolute Gasteiger partial charge is 0.252 e. The molecule has 2 aromatic rings. The number of nitriles is 1. The first-order valence-corrected chi connectivity index (χ1v) is 5.11. The van der Waals surface area contributed by atoms with E-state index in [0.29, 0.717) is 18.3 Å². The zero-order chi connectivity index (χ0) is 12.5. The maximum atomic E-state index is 8.59. The van der Waals surface area contributed by atoms with Gasteiger partial charge in [0.05, 0.1) is 0 Å². The Bertz CT molecular complexity index is 556. The van der Waals surface area contributed by atoms with Crippen LogP contribution in [0, 0.1) is 11.3 Å². The molecule has 0 saturated carbocycles. The largest absolute Gasteiger partial charge is 0.423 e. The molecule has 7 heteroatoms. The molecular weight excluding hydrogens is 220 g/mol. The van der Waals surface area contributed by atoms with Crippen LogP contribution in [0.15, 0.2) is 10.7 Å². The van der Waals surface area contributed by atoms with E-state index in [2.05, 4.69) is 20.3 Å². The van der Waals surface area contributed by atoms with Crippen LogP contribution >= 0.6 is 0 Å². The van der Waals surface area contributed by atoms with Crippen LogP contribution in [0.2, 0.25) is 0 Å². The normalized spacial score (nSPS) is 11.4. The lowest BCUT2D eigenvalue weighted by molar-refractivity contribution is 0.363. The minimum atomic E-state index is -0.175. The van der Waals surface area contributed by atoms with Gasteiger partial charge < -0.3 is 4.42 Å². The van der Waals surface area contributed by atoms with Crippen LogP contribution in [0.3, 0.4) is 0 Å². The molecule has 17 heavy (non-hydrogen) atoms. The third-order valence-electron chi connectivity index (χ3n) is 2.04. The number of rotatable bonds is 2. The van der Waals surface area contributed by atoms with Gasteiger partial charge in [-0.25, -0.2) is 9.67 Å². The van der Waals surface area contributed by atoms with E-state index in [9.17, 15) is 0 Å². The fraction of sp³-hybridized carbons (Fsp3) is 0.500. The van der Waals surface area contributed by atoms with Gasteiger partial charge in [0.25, 0.3) is 5.82 Å². The summed E-state index contributed by atoms with van der Waals surface area (Å²) in [6.45, 7) is 6.30. The molecule has 0 N–H and O–H groups in total. The van der Waals surface area contributed by atoms with Gasteiger partial charge in [-0.1, -0.05) is 20.8 Å². The van der Waals surface area contributed by atoms with Gasteiger partial charge in [0, 0.05) is 5.41 Å². The van der Waals surface area contributed by atoms with Gasteiger partial charge >= 0.3 is 0 Å². The average molecular weight is 232 g/mol. The molecule has 88 valence electrons. The summed E-state index contributed by atoms with van der Waals surface area (Å²) >= 11 is 0. The van der Waals surface area contributed by atoms with Crippen molar-refractivity contribution >= 4 is 0 Å². The van der Waals surface area contributed by atoms with Crippen molar-refractivity contribution in [3.8, 4) is 6.07 Å². The van der Waals surface area contributed by atoms with Gasteiger partial charge in [0.1, 0.15) is 18.9 Å². The van der Waals surface area contributed by atoms with Crippen LogP contribution in [0.1, 0.15) is 38.4 Å². The third-order valence-corrected chi connectivity index (χ3v) is 2.04. The van der Waals surface area contributed by atoms with Crippen molar-refractivity contribution in [3.05, 3.63) is 23.9 Å². The SMILES string of the molecule is CC(C)(C)c1nnc(Cn2cnc(C#N)n2)o1. The molecule has 0 bridgehead atoms. The standard InChI is InChI=1S/C10H12N6O/c1-10(2,3)9-14-13-8(17-9)5-16-6-12-7(4-11)15-16/h6H,5H2,1-3H3. The summed E-state index contributed by atoms with van der Waals surface area (Å²) in [6.07, 6.45) is 1.46. The zero-order valence-electron chi connectivity index (χ0n) is 9.88. The first kappa shape index (κ1) is 11.3. The predicted molar refractivity (Wildman–Crippen MR) is 56.8 cm³/mol. The summed E-state index contributed by atoms with van der Waals surface area (Å²) in [7, 11) is 0. The number of hydrogen-bond donors (Lipinski definition) is 0. The van der Waals surface area contributed by atoms with Gasteiger partial charge in [-0.2, -0.15) is 5.26 Å². The molecule has 2 aromatic heterocycles. The molecule has 0 fully saturated rings. The van der Waals surface area contributed by atoms with Crippen molar-refractivity contribution in [2.24, 2.45) is 0 Å². The molecule has 0 amide bonds. The van der Waals surface area contributed by atoms with Crippen LogP contribution in [0.25, 0.3) is 0 Å². The third kappa shape index (κ3) is 2.47. The Labute approximate surface area is 98.1 Å². The summed E-state index contributed by atoms with van der Waals surface area (Å²) in [5.74, 6) is 1.15. The molecule has 2 rings (SSSR count). The Balaban J connectivity index is 2.15. The Kier molecular flexibility index (Phi) is 2.63. The van der Waals surface area contributed by atoms with Crippen molar-refractivity contribution in [3.63, 3.8) is 0 Å². The molecule has 7 nitrogen and oxygen atoms in total. The summed E-state index contributed by atoms with van der Waals surface area (Å²) in [6, 6.07) is 1.85. The second kappa shape index (κ2) is 3.97. The van der Waals surface area contributed by atoms with Crippen molar-refractivity contribution < 1.29 is 4.42 Å². The molecule has 0 saturated heterocycles. The lowest BCUT2D eigenvalue weighted by Crippen LogP contribution is -2.11. The quantitative estimate of drug-likeness (QED) is 0.762. The molecule has 0 spiro atoms. The number of nitrogens with zero attached hydrogens (tertiary/aromatic N) is 6. The minimum Gasteiger partial charge on any atom is -0.423 e. The maximum Gasteiger partial charge on any atom is 0.252 e. The van der Waals surface area contributed by atoms with E-state index >= 15 is 0 Å². The average Bonchev–Trinajstić information content (AvgIpc) is 2.86. The van der Waals surface area contributed by atoms with Gasteiger partial charge in [-0.3, -0.25) is 0 Å². The van der Waals surface area contributed by atoms with Crippen LogP contribution in [0.5, 0.6) is 0 Å². The first-order valence-electron chi connectivity index (χ1n) is 5.11. The van der Waals surface area contributed by atoms with Gasteiger partial charge in [-0.15, -0.1) is 15.3 Å². The van der Waals surface area contributed by atoms with E-state index in [1.165, 1.54) is 11.0 Å². The Morgan fingerprint density at radius 1 is 1.41 bits per heavy atom. The second-order valence-corrected chi connectivity index (χ2v) is 4.63. The fourth-order valence-electron chi connectivity index (χ4n) is 1.18. The number of hydrogen-bond acceptors (Lipinski definition) is 6. The molecule has 0 atom stereocenters. The molecule has 0 radical (unpaired) electrons. The Hall–Kier alpha value is -2.23. The molecular formula is C10H12N6O. The van der Waals surface area contributed by atoms with E-state index in [4.69, 9.17) is 9.68 Å². The van der Waals surface area contributed by atoms with Crippen molar-refractivity contribution in [1.82, 2.24) is 25.0 Å². The predicted octanol–water partition coefficient (Wildman–Crippen LogP) is 0.879. The monoisotopic (exact) mass is 232 g/mol. The summed E-state index contributed by atoms with van der Waals surface area (Å²) in [5, 5.41) is 20.4. The van der Waals surface area contributed by atoms with Crippen molar-refractivity contribution in [2.45, 2.75) is 32.7 Å². The van der Waals surface area contributed by atoms with Crippen LogP contribution in [-0.2, 0) is 12.0 Å². The highest BCUT2D eigenvalue weighted by molar-refractivity contribution is 5.05. The van der Waals surface area contributed by atoms with Crippen LogP contribution in [-0.4, -0.2) is 25.0 Å². The van der Waals surface area contributed by atoms with E-state index in [1.54, 1.807) is 0 Å². The second-order valence-electron chi connectivity index (χ2n) is 4.63. The Morgan fingerprint density at radius 3 is 2.71 bits per heavy atom. The van der Waals surface area contributed by atoms with Gasteiger partial charge in [0.2, 0.25) is 11.8 Å². The van der Waals surface area contributed by atoms with E-state index in [1.807, 2.05) is 26.8 Å². The maximum absolute atomic E-state index is 8.59. The Morgan fingerprint density at radius 2 is 2.18 bits per heavy atom. The van der Waals surface area contributed by atoms with Crippen LogP contribution in [0.4, 0.5) is 0 Å². The highest BCUT2D eigenvalue weighted by Crippen LogP contribution is 2.20. The summed E-state index contributed by atoms with van der Waals surface area (Å²) in [4.78, 5) is 3.79. The zero-order valence-corrected chi connectivity index (χ0v) is 9.88. The summed E-state index contributed by atoms with van der Waals surface area (Å²) in [5.41, 5.74) is -0.175. The topological polar surface area (TPSA) is 93.4 Å². The highest BCUT2D eigenvalue weighted by atomic mass is 16.4.